The molecule has 2 aromatic carbocycles. The average molecular weight is 322 g/mol. The van der Waals surface area contributed by atoms with Crippen LogP contribution < -0.4 is 5.73 Å². The number of hydrogen-bond donors (Lipinski definition) is 1. The Bertz CT molecular complexity index is 600. The van der Waals surface area contributed by atoms with Crippen LogP contribution in [0.15, 0.2) is 60.7 Å². The van der Waals surface area contributed by atoms with Gasteiger partial charge in [0.05, 0.1) is 0 Å². The third-order valence-corrected chi connectivity index (χ3v) is 5.84. The van der Waals surface area contributed by atoms with E-state index in [1.807, 2.05) is 0 Å². The van der Waals surface area contributed by atoms with Crippen molar-refractivity contribution in [2.24, 2.45) is 5.73 Å². The molecule has 0 radical (unpaired) electrons. The molecule has 0 heterocycles. The Hall–Kier alpha value is -1.64. The predicted molar refractivity (Wildman–Crippen MR) is 102 cm³/mol. The van der Waals surface area contributed by atoms with E-state index >= 15 is 0 Å². The van der Waals surface area contributed by atoms with Crippen LogP contribution >= 0.6 is 0 Å². The molecule has 0 saturated heterocycles. The Morgan fingerprint density at radius 2 is 1.54 bits per heavy atom. The van der Waals surface area contributed by atoms with Gasteiger partial charge in [0.25, 0.3) is 0 Å². The van der Waals surface area contributed by atoms with Crippen molar-refractivity contribution < 1.29 is 0 Å². The summed E-state index contributed by atoms with van der Waals surface area (Å²) >= 11 is 0. The number of rotatable bonds is 6. The highest BCUT2D eigenvalue weighted by molar-refractivity contribution is 5.21. The second-order valence-corrected chi connectivity index (χ2v) is 7.11. The fraction of sp³-hybridized carbons (Fsp3) is 0.455. The van der Waals surface area contributed by atoms with Gasteiger partial charge in [-0.1, -0.05) is 67.6 Å². The highest BCUT2D eigenvalue weighted by Crippen LogP contribution is 2.41. The Kier molecular flexibility index (Phi) is 5.70. The Morgan fingerprint density at radius 1 is 0.958 bits per heavy atom. The molecule has 2 aromatic rings. The van der Waals surface area contributed by atoms with Crippen molar-refractivity contribution >= 4 is 0 Å². The summed E-state index contributed by atoms with van der Waals surface area (Å²) in [6.07, 6.45) is 4.88. The highest BCUT2D eigenvalue weighted by Gasteiger charge is 2.38. The van der Waals surface area contributed by atoms with Gasteiger partial charge in [-0.15, -0.1) is 0 Å². The normalized spacial score (nSPS) is 24.2. The van der Waals surface area contributed by atoms with E-state index in [0.29, 0.717) is 5.92 Å². The fourth-order valence-corrected chi connectivity index (χ4v) is 4.28. The number of likely N-dealkylation sites (N-methyl/N-ethyl adjacent to an activating group) is 1. The van der Waals surface area contributed by atoms with Gasteiger partial charge in [-0.25, -0.2) is 0 Å². The van der Waals surface area contributed by atoms with Crippen molar-refractivity contribution in [3.05, 3.63) is 71.8 Å². The number of nitrogens with two attached hydrogens (primary N) is 1. The zero-order valence-corrected chi connectivity index (χ0v) is 14.8. The molecule has 0 spiro atoms. The van der Waals surface area contributed by atoms with E-state index in [1.54, 1.807) is 0 Å². The quantitative estimate of drug-likeness (QED) is 0.844. The van der Waals surface area contributed by atoms with Crippen LogP contribution in [0, 0.1) is 0 Å². The van der Waals surface area contributed by atoms with Crippen LogP contribution in [-0.2, 0) is 6.54 Å². The van der Waals surface area contributed by atoms with Crippen LogP contribution in [0.3, 0.4) is 0 Å². The summed E-state index contributed by atoms with van der Waals surface area (Å²) in [5.41, 5.74) is 9.35. The first-order valence-electron chi connectivity index (χ1n) is 9.31. The van der Waals surface area contributed by atoms with Gasteiger partial charge in [0, 0.05) is 18.6 Å². The number of hydrogen-bond acceptors (Lipinski definition) is 2. The topological polar surface area (TPSA) is 29.3 Å². The van der Waals surface area contributed by atoms with Gasteiger partial charge in [0.15, 0.2) is 0 Å². The van der Waals surface area contributed by atoms with Crippen LogP contribution in [0.5, 0.6) is 0 Å². The molecule has 1 saturated carbocycles. The molecule has 2 heteroatoms. The van der Waals surface area contributed by atoms with Crippen LogP contribution in [0.1, 0.15) is 49.7 Å². The lowest BCUT2D eigenvalue weighted by atomic mass is 9.73. The van der Waals surface area contributed by atoms with Gasteiger partial charge in [-0.3, -0.25) is 4.90 Å². The molecular formula is C22H30N2. The first kappa shape index (κ1) is 17.2. The predicted octanol–water partition coefficient (Wildman–Crippen LogP) is 4.56. The molecule has 0 aliphatic heterocycles. The zero-order chi connectivity index (χ0) is 16.8. The van der Waals surface area contributed by atoms with E-state index in [-0.39, 0.29) is 5.54 Å². The molecule has 1 fully saturated rings. The first-order chi connectivity index (χ1) is 11.8. The smallest absolute Gasteiger partial charge is 0.0335 e. The molecule has 1 aliphatic rings. The van der Waals surface area contributed by atoms with Gasteiger partial charge in [0.1, 0.15) is 0 Å². The SMILES string of the molecule is CCN(Cc1ccccc1)C1(CN)CCC(c2ccccc2)CC1. The molecule has 0 atom stereocenters. The summed E-state index contributed by atoms with van der Waals surface area (Å²) in [7, 11) is 0. The van der Waals surface area contributed by atoms with Gasteiger partial charge in [0.2, 0.25) is 0 Å². The van der Waals surface area contributed by atoms with Crippen molar-refractivity contribution in [1.29, 1.82) is 0 Å². The highest BCUT2D eigenvalue weighted by atomic mass is 15.2. The van der Waals surface area contributed by atoms with Crippen molar-refractivity contribution in [2.75, 3.05) is 13.1 Å². The lowest BCUT2D eigenvalue weighted by Crippen LogP contribution is -2.55. The maximum absolute atomic E-state index is 6.31. The van der Waals surface area contributed by atoms with Gasteiger partial charge >= 0.3 is 0 Å². The molecule has 0 bridgehead atoms. The molecule has 128 valence electrons. The van der Waals surface area contributed by atoms with E-state index < -0.39 is 0 Å². The van der Waals surface area contributed by atoms with Gasteiger partial charge in [-0.05, 0) is 49.3 Å². The molecular weight excluding hydrogens is 292 g/mol. The maximum Gasteiger partial charge on any atom is 0.0335 e. The van der Waals surface area contributed by atoms with Gasteiger partial charge < -0.3 is 5.73 Å². The fourth-order valence-electron chi connectivity index (χ4n) is 4.28. The molecule has 2 N–H and O–H groups in total. The Balaban J connectivity index is 1.70. The number of nitrogens with zero attached hydrogens (tertiary/aromatic N) is 1. The van der Waals surface area contributed by atoms with E-state index in [4.69, 9.17) is 5.73 Å². The van der Waals surface area contributed by atoms with E-state index in [1.165, 1.54) is 36.8 Å². The molecule has 0 amide bonds. The summed E-state index contributed by atoms with van der Waals surface area (Å²) < 4.78 is 0. The van der Waals surface area contributed by atoms with E-state index in [9.17, 15) is 0 Å². The second-order valence-electron chi connectivity index (χ2n) is 7.11. The van der Waals surface area contributed by atoms with Crippen molar-refractivity contribution in [2.45, 2.75) is 50.6 Å². The second kappa shape index (κ2) is 7.96. The minimum Gasteiger partial charge on any atom is -0.329 e. The molecule has 3 rings (SSSR count). The maximum atomic E-state index is 6.31. The Labute approximate surface area is 146 Å². The molecule has 0 aromatic heterocycles. The lowest BCUT2D eigenvalue weighted by molar-refractivity contribution is 0.0492. The summed E-state index contributed by atoms with van der Waals surface area (Å²) in [6.45, 7) is 5.09. The molecule has 0 unspecified atom stereocenters. The Morgan fingerprint density at radius 3 is 2.08 bits per heavy atom. The van der Waals surface area contributed by atoms with E-state index in [2.05, 4.69) is 72.5 Å². The summed E-state index contributed by atoms with van der Waals surface area (Å²) in [5, 5.41) is 0. The van der Waals surface area contributed by atoms with Gasteiger partial charge in [-0.2, -0.15) is 0 Å². The lowest BCUT2D eigenvalue weighted by Gasteiger charge is -2.47. The summed E-state index contributed by atoms with van der Waals surface area (Å²) in [4.78, 5) is 2.61. The van der Waals surface area contributed by atoms with Crippen LogP contribution in [0.25, 0.3) is 0 Å². The molecule has 1 aliphatic carbocycles. The molecule has 24 heavy (non-hydrogen) atoms. The van der Waals surface area contributed by atoms with Crippen LogP contribution in [-0.4, -0.2) is 23.5 Å². The number of benzene rings is 2. The van der Waals surface area contributed by atoms with Crippen LogP contribution in [0.4, 0.5) is 0 Å². The summed E-state index contributed by atoms with van der Waals surface area (Å²) in [6, 6.07) is 21.8. The first-order valence-corrected chi connectivity index (χ1v) is 9.31. The largest absolute Gasteiger partial charge is 0.329 e. The average Bonchev–Trinajstić information content (AvgIpc) is 2.68. The minimum atomic E-state index is 0.163. The van der Waals surface area contributed by atoms with Crippen molar-refractivity contribution in [3.8, 4) is 0 Å². The third kappa shape index (κ3) is 3.71. The standard InChI is InChI=1S/C22H30N2/c1-2-24(17-19-9-5-3-6-10-19)22(18-23)15-13-21(14-16-22)20-11-7-4-8-12-20/h3-12,21H,2,13-18,23H2,1H3. The summed E-state index contributed by atoms with van der Waals surface area (Å²) in [5.74, 6) is 0.696. The monoisotopic (exact) mass is 322 g/mol. The van der Waals surface area contributed by atoms with E-state index in [0.717, 1.165) is 19.6 Å². The minimum absolute atomic E-state index is 0.163. The van der Waals surface area contributed by atoms with Crippen molar-refractivity contribution in [1.82, 2.24) is 4.90 Å². The molecule has 2 nitrogen and oxygen atoms in total. The van der Waals surface area contributed by atoms with Crippen molar-refractivity contribution in [3.63, 3.8) is 0 Å². The van der Waals surface area contributed by atoms with Crippen LogP contribution in [0.2, 0.25) is 0 Å². The third-order valence-electron chi connectivity index (χ3n) is 5.84. The zero-order valence-electron chi connectivity index (χ0n) is 14.8.